The van der Waals surface area contributed by atoms with E-state index >= 15 is 0 Å². The minimum Gasteiger partial charge on any atom is -0.390 e. The van der Waals surface area contributed by atoms with Gasteiger partial charge < -0.3 is 10.0 Å². The van der Waals surface area contributed by atoms with Gasteiger partial charge in [0.15, 0.2) is 5.65 Å². The zero-order valence-corrected chi connectivity index (χ0v) is 13.6. The molecular formula is C19H20FN3O. The van der Waals surface area contributed by atoms with Crippen LogP contribution in [0.15, 0.2) is 42.6 Å². The number of anilines is 1. The number of alkyl halides is 1. The van der Waals surface area contributed by atoms with Gasteiger partial charge in [-0.3, -0.25) is 4.40 Å². The van der Waals surface area contributed by atoms with E-state index in [1.807, 2.05) is 47.9 Å². The molecule has 3 aromatic rings. The minimum absolute atomic E-state index is 0.0637. The van der Waals surface area contributed by atoms with Gasteiger partial charge in [0, 0.05) is 12.7 Å². The maximum Gasteiger partial charge on any atom is 0.161 e. The van der Waals surface area contributed by atoms with Crippen LogP contribution < -0.4 is 4.90 Å². The van der Waals surface area contributed by atoms with Gasteiger partial charge in [-0.05, 0) is 36.6 Å². The molecule has 0 saturated carbocycles. The van der Waals surface area contributed by atoms with Crippen molar-refractivity contribution in [3.05, 3.63) is 65.1 Å². The zero-order valence-electron chi connectivity index (χ0n) is 13.6. The van der Waals surface area contributed by atoms with Gasteiger partial charge in [0.1, 0.15) is 6.67 Å². The molecule has 4 nitrogen and oxygen atoms in total. The lowest BCUT2D eigenvalue weighted by atomic mass is 9.93. The number of hydrogen-bond donors (Lipinski definition) is 1. The Morgan fingerprint density at radius 3 is 2.88 bits per heavy atom. The number of aryl methyl sites for hydroxylation is 1. The number of aliphatic hydroxyl groups is 1. The molecule has 0 fully saturated rings. The van der Waals surface area contributed by atoms with E-state index in [1.165, 1.54) is 5.56 Å². The van der Waals surface area contributed by atoms with Crippen molar-refractivity contribution in [2.75, 3.05) is 18.1 Å². The fourth-order valence-electron chi connectivity index (χ4n) is 3.74. The first-order chi connectivity index (χ1) is 11.7. The van der Waals surface area contributed by atoms with E-state index < -0.39 is 6.67 Å². The normalized spacial score (nSPS) is 17.3. The smallest absolute Gasteiger partial charge is 0.161 e. The van der Waals surface area contributed by atoms with Crippen molar-refractivity contribution in [1.29, 1.82) is 0 Å². The standard InChI is InChI=1S/C19H20FN3O/c1-13-18(12-24)23-9-4-7-16(19(23)21-13)22-10-8-14-5-2-3-6-15(14)17(22)11-20/h2-7,9,17,24H,8,10-12H2,1H3. The molecule has 1 aliphatic rings. The first-order valence-electron chi connectivity index (χ1n) is 8.22. The lowest BCUT2D eigenvalue weighted by molar-refractivity contribution is 0.275. The van der Waals surface area contributed by atoms with Crippen LogP contribution in [-0.2, 0) is 13.0 Å². The number of hydrogen-bond acceptors (Lipinski definition) is 3. The predicted molar refractivity (Wildman–Crippen MR) is 92.1 cm³/mol. The van der Waals surface area contributed by atoms with Crippen molar-refractivity contribution in [3.63, 3.8) is 0 Å². The number of halogens is 1. The molecule has 5 heteroatoms. The summed E-state index contributed by atoms with van der Waals surface area (Å²) in [6.45, 7) is 2.14. The summed E-state index contributed by atoms with van der Waals surface area (Å²) in [5, 5.41) is 9.60. The minimum atomic E-state index is -0.440. The Kier molecular flexibility index (Phi) is 3.73. The highest BCUT2D eigenvalue weighted by atomic mass is 19.1. The Hall–Kier alpha value is -2.40. The number of aromatic nitrogens is 2. The van der Waals surface area contributed by atoms with Crippen LogP contribution in [0.25, 0.3) is 5.65 Å². The predicted octanol–water partition coefficient (Wildman–Crippen LogP) is 3.21. The third-order valence-corrected chi connectivity index (χ3v) is 4.95. The summed E-state index contributed by atoms with van der Waals surface area (Å²) in [4.78, 5) is 6.73. The van der Waals surface area contributed by atoms with E-state index in [0.717, 1.165) is 41.3 Å². The second-order valence-electron chi connectivity index (χ2n) is 6.20. The highest BCUT2D eigenvalue weighted by Gasteiger charge is 2.29. The topological polar surface area (TPSA) is 40.8 Å². The molecule has 1 aromatic carbocycles. The molecule has 0 bridgehead atoms. The molecule has 1 N–H and O–H groups in total. The van der Waals surface area contributed by atoms with E-state index in [9.17, 15) is 9.50 Å². The molecule has 2 aromatic heterocycles. The monoisotopic (exact) mass is 325 g/mol. The average molecular weight is 325 g/mol. The first-order valence-corrected chi connectivity index (χ1v) is 8.22. The van der Waals surface area contributed by atoms with Crippen LogP contribution in [0.1, 0.15) is 28.6 Å². The van der Waals surface area contributed by atoms with Crippen LogP contribution in [0.4, 0.5) is 10.1 Å². The molecule has 1 atom stereocenters. The maximum atomic E-state index is 13.9. The van der Waals surface area contributed by atoms with Gasteiger partial charge in [-0.25, -0.2) is 9.37 Å². The molecule has 1 unspecified atom stereocenters. The second-order valence-corrected chi connectivity index (χ2v) is 6.20. The Labute approximate surface area is 140 Å². The van der Waals surface area contributed by atoms with Crippen LogP contribution >= 0.6 is 0 Å². The van der Waals surface area contributed by atoms with E-state index in [2.05, 4.69) is 16.0 Å². The van der Waals surface area contributed by atoms with E-state index in [-0.39, 0.29) is 12.6 Å². The molecule has 0 saturated heterocycles. The van der Waals surface area contributed by atoms with Gasteiger partial charge in [0.2, 0.25) is 0 Å². The van der Waals surface area contributed by atoms with Gasteiger partial charge in [-0.2, -0.15) is 0 Å². The quantitative estimate of drug-likeness (QED) is 0.804. The Morgan fingerprint density at radius 1 is 1.25 bits per heavy atom. The Morgan fingerprint density at radius 2 is 2.08 bits per heavy atom. The zero-order chi connectivity index (χ0) is 16.7. The summed E-state index contributed by atoms with van der Waals surface area (Å²) in [7, 11) is 0. The number of fused-ring (bicyclic) bond motifs is 2. The summed E-state index contributed by atoms with van der Waals surface area (Å²) in [5.74, 6) is 0. The number of benzene rings is 1. The largest absolute Gasteiger partial charge is 0.390 e. The average Bonchev–Trinajstić information content (AvgIpc) is 2.95. The van der Waals surface area contributed by atoms with E-state index in [1.54, 1.807) is 0 Å². The summed E-state index contributed by atoms with van der Waals surface area (Å²) in [5.41, 5.74) is 5.55. The number of imidazole rings is 1. The molecule has 4 rings (SSSR count). The van der Waals surface area contributed by atoms with Crippen LogP contribution in [-0.4, -0.2) is 27.7 Å². The van der Waals surface area contributed by atoms with Crippen molar-refractivity contribution in [2.24, 2.45) is 0 Å². The summed E-state index contributed by atoms with van der Waals surface area (Å²) >= 11 is 0. The molecule has 1 aliphatic heterocycles. The number of rotatable bonds is 3. The molecule has 124 valence electrons. The van der Waals surface area contributed by atoms with Gasteiger partial charge >= 0.3 is 0 Å². The van der Waals surface area contributed by atoms with Crippen LogP contribution in [0, 0.1) is 6.92 Å². The fraction of sp³-hybridized carbons (Fsp3) is 0.316. The highest BCUT2D eigenvalue weighted by molar-refractivity contribution is 5.71. The third-order valence-electron chi connectivity index (χ3n) is 4.95. The van der Waals surface area contributed by atoms with Crippen molar-refractivity contribution < 1.29 is 9.50 Å². The van der Waals surface area contributed by atoms with E-state index in [4.69, 9.17) is 0 Å². The lowest BCUT2D eigenvalue weighted by Gasteiger charge is -2.37. The Bertz CT molecular complexity index is 889. The summed E-state index contributed by atoms with van der Waals surface area (Å²) in [6, 6.07) is 11.7. The number of pyridine rings is 1. The SMILES string of the molecule is Cc1nc2c(N3CCc4ccccc4C3CF)cccn2c1CO. The Balaban J connectivity index is 1.86. The molecule has 3 heterocycles. The van der Waals surface area contributed by atoms with Crippen LogP contribution in [0.3, 0.4) is 0 Å². The van der Waals surface area contributed by atoms with Crippen molar-refractivity contribution >= 4 is 11.3 Å². The maximum absolute atomic E-state index is 13.9. The lowest BCUT2D eigenvalue weighted by Crippen LogP contribution is -2.37. The van der Waals surface area contributed by atoms with Gasteiger partial charge in [0.25, 0.3) is 0 Å². The van der Waals surface area contributed by atoms with Gasteiger partial charge in [-0.1, -0.05) is 24.3 Å². The van der Waals surface area contributed by atoms with Crippen molar-refractivity contribution in [1.82, 2.24) is 9.38 Å². The number of aliphatic hydroxyl groups excluding tert-OH is 1. The molecule has 0 radical (unpaired) electrons. The highest BCUT2D eigenvalue weighted by Crippen LogP contribution is 2.36. The second kappa shape index (κ2) is 5.91. The van der Waals surface area contributed by atoms with Gasteiger partial charge in [-0.15, -0.1) is 0 Å². The summed E-state index contributed by atoms with van der Waals surface area (Å²) < 4.78 is 15.8. The molecule has 24 heavy (non-hydrogen) atoms. The first kappa shape index (κ1) is 15.1. The van der Waals surface area contributed by atoms with Crippen LogP contribution in [0.5, 0.6) is 0 Å². The van der Waals surface area contributed by atoms with E-state index in [0.29, 0.717) is 0 Å². The fourth-order valence-corrected chi connectivity index (χ4v) is 3.74. The van der Waals surface area contributed by atoms with Crippen LogP contribution in [0.2, 0.25) is 0 Å². The molecular weight excluding hydrogens is 305 g/mol. The van der Waals surface area contributed by atoms with Crippen molar-refractivity contribution in [3.8, 4) is 0 Å². The number of nitrogens with zero attached hydrogens (tertiary/aromatic N) is 3. The third kappa shape index (κ3) is 2.19. The molecule has 0 aliphatic carbocycles. The molecule has 0 amide bonds. The van der Waals surface area contributed by atoms with Gasteiger partial charge in [0.05, 0.1) is 29.7 Å². The molecule has 0 spiro atoms. The summed E-state index contributed by atoms with van der Waals surface area (Å²) in [6.07, 6.45) is 2.78. The van der Waals surface area contributed by atoms with Crippen molar-refractivity contribution in [2.45, 2.75) is 26.0 Å².